The van der Waals surface area contributed by atoms with Crippen LogP contribution in [0.1, 0.15) is 11.1 Å². The van der Waals surface area contributed by atoms with E-state index in [4.69, 9.17) is 0 Å². The second-order valence-electron chi connectivity index (χ2n) is 10.5. The van der Waals surface area contributed by atoms with Crippen LogP contribution in [-0.2, 0) is 0 Å². The van der Waals surface area contributed by atoms with Gasteiger partial charge < -0.3 is 0 Å². The Bertz CT molecular complexity index is 2110. The summed E-state index contributed by atoms with van der Waals surface area (Å²) < 4.78 is 0. The molecule has 0 heteroatoms. The average Bonchev–Trinajstić information content (AvgIpc) is 3.25. The standard InChI is InChI=1S/C36H22/c1-19-22-9-3-4-10-23(22)20(2)31-18-33-29-16-14-27-25-12-6-8-21-7-5-11-24(34(21)25)26-13-15-28(36(29)35(26)27)32(33)17-30(19)31/h3-18H,1-2H3. The first kappa shape index (κ1) is 18.9. The Morgan fingerprint density at radius 1 is 0.333 bits per heavy atom. The van der Waals surface area contributed by atoms with Crippen molar-refractivity contribution in [3.63, 3.8) is 0 Å². The lowest BCUT2D eigenvalue weighted by molar-refractivity contribution is 1.52. The fourth-order valence-electron chi connectivity index (χ4n) is 7.28. The molecule has 36 heavy (non-hydrogen) atoms. The Kier molecular flexibility index (Phi) is 3.26. The van der Waals surface area contributed by atoms with E-state index in [0.717, 1.165) is 0 Å². The molecule has 0 N–H and O–H groups in total. The first-order valence-corrected chi connectivity index (χ1v) is 12.8. The minimum absolute atomic E-state index is 1.32. The Morgan fingerprint density at radius 2 is 0.806 bits per heavy atom. The molecule has 0 spiro atoms. The molecule has 1 aliphatic carbocycles. The van der Waals surface area contributed by atoms with E-state index in [-0.39, 0.29) is 0 Å². The van der Waals surface area contributed by atoms with E-state index in [2.05, 4.69) is 111 Å². The zero-order valence-electron chi connectivity index (χ0n) is 20.2. The highest BCUT2D eigenvalue weighted by Gasteiger charge is 2.26. The van der Waals surface area contributed by atoms with Gasteiger partial charge in [-0.05, 0) is 124 Å². The molecule has 0 nitrogen and oxygen atoms in total. The maximum atomic E-state index is 2.47. The molecule has 0 radical (unpaired) electrons. The molecule has 0 saturated carbocycles. The molecule has 9 rings (SSSR count). The predicted octanol–water partition coefficient (Wildman–Crippen LogP) is 10.3. The van der Waals surface area contributed by atoms with E-state index in [1.807, 2.05) is 0 Å². The summed E-state index contributed by atoms with van der Waals surface area (Å²) in [5.74, 6) is 0. The van der Waals surface area contributed by atoms with E-state index >= 15 is 0 Å². The second-order valence-corrected chi connectivity index (χ2v) is 10.5. The number of fused-ring (bicyclic) bond motifs is 7. The largest absolute Gasteiger partial charge is 0.0616 e. The van der Waals surface area contributed by atoms with Crippen LogP contribution in [0.3, 0.4) is 0 Å². The molecule has 0 atom stereocenters. The van der Waals surface area contributed by atoms with Gasteiger partial charge in [0.15, 0.2) is 0 Å². The van der Waals surface area contributed by atoms with Crippen LogP contribution in [0.25, 0.3) is 86.9 Å². The number of rotatable bonds is 0. The summed E-state index contributed by atoms with van der Waals surface area (Å²) >= 11 is 0. The summed E-state index contributed by atoms with van der Waals surface area (Å²) in [6.45, 7) is 4.57. The fraction of sp³-hybridized carbons (Fsp3) is 0.0556. The third-order valence-corrected chi connectivity index (χ3v) is 8.93. The van der Waals surface area contributed by atoms with Crippen molar-refractivity contribution < 1.29 is 0 Å². The molecule has 8 aromatic rings. The lowest BCUT2D eigenvalue weighted by Crippen LogP contribution is -1.89. The van der Waals surface area contributed by atoms with Gasteiger partial charge in [0, 0.05) is 0 Å². The molecule has 0 unspecified atom stereocenters. The summed E-state index contributed by atoms with van der Waals surface area (Å²) in [7, 11) is 0. The van der Waals surface area contributed by atoms with Gasteiger partial charge in [-0.3, -0.25) is 0 Å². The summed E-state index contributed by atoms with van der Waals surface area (Å²) in [5, 5.41) is 16.5. The first-order chi connectivity index (χ1) is 17.7. The van der Waals surface area contributed by atoms with Crippen LogP contribution in [0.5, 0.6) is 0 Å². The Balaban J connectivity index is 1.49. The highest BCUT2D eigenvalue weighted by atomic mass is 14.3. The van der Waals surface area contributed by atoms with Crippen LogP contribution in [0, 0.1) is 13.8 Å². The van der Waals surface area contributed by atoms with E-state index in [0.29, 0.717) is 0 Å². The number of hydrogen-bond acceptors (Lipinski definition) is 0. The van der Waals surface area contributed by atoms with Crippen LogP contribution >= 0.6 is 0 Å². The number of hydrogen-bond donors (Lipinski definition) is 0. The SMILES string of the molecule is Cc1c2ccccc2c(C)c2cc3c(cc12)-c1ccc2c4cccc5cccc(c6ccc-3c1c26)c54. The van der Waals surface area contributed by atoms with Gasteiger partial charge in [-0.15, -0.1) is 0 Å². The molecule has 0 aliphatic heterocycles. The molecule has 0 heterocycles. The van der Waals surface area contributed by atoms with Crippen molar-refractivity contribution in [3.8, 4) is 22.3 Å². The van der Waals surface area contributed by atoms with Crippen molar-refractivity contribution in [2.75, 3.05) is 0 Å². The van der Waals surface area contributed by atoms with E-state index < -0.39 is 0 Å². The van der Waals surface area contributed by atoms with Crippen LogP contribution in [0.4, 0.5) is 0 Å². The smallest absolute Gasteiger partial charge is 0.00139 e. The molecular weight excluding hydrogens is 432 g/mol. The molecule has 0 fully saturated rings. The molecular formula is C36H22. The zero-order valence-corrected chi connectivity index (χ0v) is 20.2. The second kappa shape index (κ2) is 6.22. The Morgan fingerprint density at radius 3 is 1.33 bits per heavy atom. The summed E-state index contributed by atoms with van der Waals surface area (Å²) in [4.78, 5) is 0. The normalized spacial score (nSPS) is 12.7. The van der Waals surface area contributed by atoms with Crippen molar-refractivity contribution in [2.45, 2.75) is 13.8 Å². The van der Waals surface area contributed by atoms with Crippen molar-refractivity contribution in [3.05, 3.63) is 108 Å². The predicted molar refractivity (Wildman–Crippen MR) is 157 cm³/mol. The topological polar surface area (TPSA) is 0 Å². The summed E-state index contributed by atoms with van der Waals surface area (Å²) in [6.07, 6.45) is 0. The number of aryl methyl sites for hydroxylation is 2. The fourth-order valence-corrected chi connectivity index (χ4v) is 7.28. The maximum absolute atomic E-state index is 2.47. The van der Waals surface area contributed by atoms with Gasteiger partial charge in [0.25, 0.3) is 0 Å². The van der Waals surface area contributed by atoms with Gasteiger partial charge in [0.1, 0.15) is 0 Å². The quantitative estimate of drug-likeness (QED) is 0.158. The third kappa shape index (κ3) is 2.05. The van der Waals surface area contributed by atoms with Crippen molar-refractivity contribution in [1.82, 2.24) is 0 Å². The van der Waals surface area contributed by atoms with Crippen LogP contribution in [0.15, 0.2) is 97.1 Å². The maximum Gasteiger partial charge on any atom is -0.00139 e. The van der Waals surface area contributed by atoms with Gasteiger partial charge in [0.2, 0.25) is 0 Å². The third-order valence-electron chi connectivity index (χ3n) is 8.93. The molecule has 0 aromatic heterocycles. The Labute approximate surface area is 208 Å². The monoisotopic (exact) mass is 454 g/mol. The van der Waals surface area contributed by atoms with E-state index in [1.165, 1.54) is 98.0 Å². The summed E-state index contributed by atoms with van der Waals surface area (Å²) in [5.41, 5.74) is 8.24. The van der Waals surface area contributed by atoms with Gasteiger partial charge >= 0.3 is 0 Å². The Hall–Kier alpha value is -4.42. The highest BCUT2D eigenvalue weighted by molar-refractivity contribution is 6.37. The lowest BCUT2D eigenvalue weighted by atomic mass is 9.88. The van der Waals surface area contributed by atoms with E-state index in [9.17, 15) is 0 Å². The lowest BCUT2D eigenvalue weighted by Gasteiger charge is -2.15. The van der Waals surface area contributed by atoms with Crippen LogP contribution < -0.4 is 0 Å². The van der Waals surface area contributed by atoms with Crippen LogP contribution in [-0.4, -0.2) is 0 Å². The van der Waals surface area contributed by atoms with Crippen molar-refractivity contribution in [1.29, 1.82) is 0 Å². The summed E-state index contributed by atoms with van der Waals surface area (Å²) in [6, 6.07) is 36.7. The van der Waals surface area contributed by atoms with Gasteiger partial charge in [-0.2, -0.15) is 0 Å². The molecule has 0 amide bonds. The minimum atomic E-state index is 1.32. The molecule has 0 saturated heterocycles. The number of benzene rings is 8. The van der Waals surface area contributed by atoms with Gasteiger partial charge in [-0.1, -0.05) is 84.9 Å². The molecule has 8 aromatic carbocycles. The van der Waals surface area contributed by atoms with Crippen LogP contribution in [0.2, 0.25) is 0 Å². The minimum Gasteiger partial charge on any atom is -0.0616 e. The van der Waals surface area contributed by atoms with Gasteiger partial charge in [-0.25, -0.2) is 0 Å². The molecule has 0 bridgehead atoms. The van der Waals surface area contributed by atoms with E-state index in [1.54, 1.807) is 0 Å². The highest BCUT2D eigenvalue weighted by Crippen LogP contribution is 2.53. The van der Waals surface area contributed by atoms with Crippen molar-refractivity contribution >= 4 is 64.6 Å². The van der Waals surface area contributed by atoms with Crippen molar-refractivity contribution in [2.24, 2.45) is 0 Å². The molecule has 166 valence electrons. The first-order valence-electron chi connectivity index (χ1n) is 12.8. The average molecular weight is 455 g/mol. The zero-order chi connectivity index (χ0) is 23.7. The van der Waals surface area contributed by atoms with Gasteiger partial charge in [0.05, 0.1) is 0 Å². The molecule has 1 aliphatic rings.